The first-order chi connectivity index (χ1) is 7.52. The van der Waals surface area contributed by atoms with Crippen molar-refractivity contribution in [3.05, 3.63) is 0 Å². The normalized spacial score (nSPS) is 22.6. The number of carbonyl (C=O) groups is 2. The van der Waals surface area contributed by atoms with Crippen LogP contribution in [0.25, 0.3) is 0 Å². The van der Waals surface area contributed by atoms with E-state index in [9.17, 15) is 9.59 Å². The third-order valence-electron chi connectivity index (χ3n) is 2.61. The molecule has 0 aromatic carbocycles. The maximum absolute atomic E-state index is 11.7. The summed E-state index contributed by atoms with van der Waals surface area (Å²) in [7, 11) is 0. The number of carbonyl (C=O) groups excluding carboxylic acids is 1. The van der Waals surface area contributed by atoms with Crippen LogP contribution >= 0.6 is 11.8 Å². The van der Waals surface area contributed by atoms with Crippen LogP contribution in [0.4, 0.5) is 4.79 Å². The molecule has 6 heteroatoms. The molecule has 1 aliphatic rings. The zero-order chi connectivity index (χ0) is 12.1. The highest BCUT2D eigenvalue weighted by atomic mass is 32.2. The number of nitrogens with one attached hydrogen (secondary N) is 1. The van der Waals surface area contributed by atoms with Crippen molar-refractivity contribution >= 4 is 23.8 Å². The van der Waals surface area contributed by atoms with Crippen molar-refractivity contribution in [3.8, 4) is 0 Å². The zero-order valence-electron chi connectivity index (χ0n) is 9.60. The van der Waals surface area contributed by atoms with Gasteiger partial charge in [0.2, 0.25) is 0 Å². The smallest absolute Gasteiger partial charge is 0.317 e. The quantitative estimate of drug-likeness (QED) is 0.774. The van der Waals surface area contributed by atoms with Gasteiger partial charge in [0.05, 0.1) is 5.92 Å². The molecule has 92 valence electrons. The van der Waals surface area contributed by atoms with Crippen LogP contribution in [0.3, 0.4) is 0 Å². The Bertz CT molecular complexity index is 273. The van der Waals surface area contributed by atoms with Gasteiger partial charge in [0.25, 0.3) is 0 Å². The van der Waals surface area contributed by atoms with Gasteiger partial charge in [-0.1, -0.05) is 6.92 Å². The van der Waals surface area contributed by atoms with Gasteiger partial charge in [-0.3, -0.25) is 4.79 Å². The second-order valence-corrected chi connectivity index (χ2v) is 5.19. The summed E-state index contributed by atoms with van der Waals surface area (Å²) in [4.78, 5) is 24.1. The molecular weight excluding hydrogens is 228 g/mol. The van der Waals surface area contributed by atoms with Crippen molar-refractivity contribution in [2.45, 2.75) is 19.9 Å². The molecule has 0 aliphatic carbocycles. The minimum Gasteiger partial charge on any atom is -0.481 e. The topological polar surface area (TPSA) is 69.6 Å². The van der Waals surface area contributed by atoms with E-state index in [4.69, 9.17) is 5.11 Å². The van der Waals surface area contributed by atoms with Gasteiger partial charge in [0, 0.05) is 30.6 Å². The Hall–Kier alpha value is -0.910. The second-order valence-electron chi connectivity index (χ2n) is 4.04. The zero-order valence-corrected chi connectivity index (χ0v) is 10.4. The number of hydrogen-bond acceptors (Lipinski definition) is 3. The van der Waals surface area contributed by atoms with Crippen molar-refractivity contribution in [1.29, 1.82) is 0 Å². The fourth-order valence-electron chi connectivity index (χ4n) is 1.46. The fraction of sp³-hybridized carbons (Fsp3) is 0.800. The minimum absolute atomic E-state index is 0.152. The standard InChI is InChI=1S/C10H18N2O3S/c1-7(9(13)14)5-11-10(15)12-3-4-16-6-8(12)2/h7-8H,3-6H2,1-2H3,(H,11,15)(H,13,14). The lowest BCUT2D eigenvalue weighted by atomic mass is 10.2. The molecule has 0 aromatic heterocycles. The minimum atomic E-state index is -0.887. The number of aliphatic carboxylic acids is 1. The lowest BCUT2D eigenvalue weighted by molar-refractivity contribution is -0.140. The molecule has 1 heterocycles. The van der Waals surface area contributed by atoms with Crippen LogP contribution in [0.1, 0.15) is 13.8 Å². The van der Waals surface area contributed by atoms with Gasteiger partial charge in [0.15, 0.2) is 0 Å². The van der Waals surface area contributed by atoms with Crippen LogP contribution < -0.4 is 5.32 Å². The van der Waals surface area contributed by atoms with E-state index in [-0.39, 0.29) is 18.6 Å². The molecule has 1 saturated heterocycles. The predicted molar refractivity (Wildman–Crippen MR) is 63.7 cm³/mol. The first-order valence-electron chi connectivity index (χ1n) is 5.37. The number of carboxylic acid groups (broad SMARTS) is 1. The Labute approximate surface area is 99.6 Å². The van der Waals surface area contributed by atoms with E-state index < -0.39 is 11.9 Å². The lowest BCUT2D eigenvalue weighted by Crippen LogP contribution is -2.50. The van der Waals surface area contributed by atoms with Crippen molar-refractivity contribution in [2.75, 3.05) is 24.6 Å². The van der Waals surface area contributed by atoms with E-state index in [2.05, 4.69) is 5.32 Å². The predicted octanol–water partition coefficient (Wildman–Crippen LogP) is 0.854. The summed E-state index contributed by atoms with van der Waals surface area (Å²) in [5.74, 6) is 0.467. The van der Waals surface area contributed by atoms with E-state index in [1.165, 1.54) is 0 Å². The number of rotatable bonds is 3. The summed E-state index contributed by atoms with van der Waals surface area (Å²) in [5.41, 5.74) is 0. The monoisotopic (exact) mass is 246 g/mol. The number of urea groups is 1. The highest BCUT2D eigenvalue weighted by Crippen LogP contribution is 2.15. The highest BCUT2D eigenvalue weighted by molar-refractivity contribution is 7.99. The van der Waals surface area contributed by atoms with Gasteiger partial charge < -0.3 is 15.3 Å². The molecule has 0 spiro atoms. The molecule has 1 fully saturated rings. The molecular formula is C10H18N2O3S. The van der Waals surface area contributed by atoms with Gasteiger partial charge >= 0.3 is 12.0 Å². The maximum atomic E-state index is 11.7. The van der Waals surface area contributed by atoms with Crippen LogP contribution in [0.2, 0.25) is 0 Å². The van der Waals surface area contributed by atoms with Crippen LogP contribution in [0, 0.1) is 5.92 Å². The summed E-state index contributed by atoms with van der Waals surface area (Å²) in [6.07, 6.45) is 0. The van der Waals surface area contributed by atoms with Gasteiger partial charge in [-0.05, 0) is 6.92 Å². The third-order valence-corrected chi connectivity index (χ3v) is 3.80. The molecule has 16 heavy (non-hydrogen) atoms. The van der Waals surface area contributed by atoms with Gasteiger partial charge in [0.1, 0.15) is 0 Å². The van der Waals surface area contributed by atoms with E-state index in [0.717, 1.165) is 18.1 Å². The fourth-order valence-corrected chi connectivity index (χ4v) is 2.47. The highest BCUT2D eigenvalue weighted by Gasteiger charge is 2.24. The van der Waals surface area contributed by atoms with Crippen LogP contribution in [0.15, 0.2) is 0 Å². The Kier molecular flexibility index (Phi) is 4.92. The average Bonchev–Trinajstić information content (AvgIpc) is 2.25. The molecule has 2 atom stereocenters. The number of nitrogens with zero attached hydrogens (tertiary/aromatic N) is 1. The van der Waals surface area contributed by atoms with Gasteiger partial charge in [-0.25, -0.2) is 4.79 Å². The Morgan fingerprint density at radius 2 is 2.31 bits per heavy atom. The van der Waals surface area contributed by atoms with Crippen molar-refractivity contribution in [2.24, 2.45) is 5.92 Å². The second kappa shape index (κ2) is 5.98. The molecule has 2 unspecified atom stereocenters. The first kappa shape index (κ1) is 13.2. The molecule has 0 radical (unpaired) electrons. The van der Waals surface area contributed by atoms with Crippen LogP contribution in [-0.2, 0) is 4.79 Å². The summed E-state index contributed by atoms with van der Waals surface area (Å²) < 4.78 is 0. The average molecular weight is 246 g/mol. The van der Waals surface area contributed by atoms with E-state index in [0.29, 0.717) is 0 Å². The molecule has 0 aromatic rings. The van der Waals surface area contributed by atoms with E-state index >= 15 is 0 Å². The van der Waals surface area contributed by atoms with E-state index in [1.807, 2.05) is 18.7 Å². The number of amides is 2. The van der Waals surface area contributed by atoms with Crippen molar-refractivity contribution < 1.29 is 14.7 Å². The van der Waals surface area contributed by atoms with Crippen molar-refractivity contribution in [3.63, 3.8) is 0 Å². The third kappa shape index (κ3) is 3.59. The summed E-state index contributed by atoms with van der Waals surface area (Å²) >= 11 is 1.84. The van der Waals surface area contributed by atoms with Gasteiger partial charge in [-0.15, -0.1) is 0 Å². The molecule has 2 amide bonds. The summed E-state index contributed by atoms with van der Waals surface area (Å²) in [6.45, 7) is 4.51. The molecule has 1 rings (SSSR count). The lowest BCUT2D eigenvalue weighted by Gasteiger charge is -2.33. The Morgan fingerprint density at radius 1 is 1.62 bits per heavy atom. The SMILES string of the molecule is CC(CNC(=O)N1CCSCC1C)C(=O)O. The summed E-state index contributed by atoms with van der Waals surface area (Å²) in [6, 6.07) is 0.0692. The molecule has 2 N–H and O–H groups in total. The number of carboxylic acids is 1. The largest absolute Gasteiger partial charge is 0.481 e. The van der Waals surface area contributed by atoms with E-state index in [1.54, 1.807) is 11.8 Å². The maximum Gasteiger partial charge on any atom is 0.317 e. The van der Waals surface area contributed by atoms with Crippen LogP contribution in [0.5, 0.6) is 0 Å². The molecule has 0 saturated carbocycles. The van der Waals surface area contributed by atoms with Crippen molar-refractivity contribution in [1.82, 2.24) is 10.2 Å². The number of thioether (sulfide) groups is 1. The Balaban J connectivity index is 2.36. The molecule has 0 bridgehead atoms. The van der Waals surface area contributed by atoms with Crippen LogP contribution in [-0.4, -0.2) is 52.6 Å². The molecule has 5 nitrogen and oxygen atoms in total. The summed E-state index contributed by atoms with van der Waals surface area (Å²) in [5, 5.41) is 11.3. The van der Waals surface area contributed by atoms with Gasteiger partial charge in [-0.2, -0.15) is 11.8 Å². The first-order valence-corrected chi connectivity index (χ1v) is 6.53. The Morgan fingerprint density at radius 3 is 2.88 bits per heavy atom. The molecule has 1 aliphatic heterocycles. The number of hydrogen-bond donors (Lipinski definition) is 2.